The molecule has 0 radical (unpaired) electrons. The van der Waals surface area contributed by atoms with Gasteiger partial charge in [0.2, 0.25) is 0 Å². The molecular formula is C19H43NS. The Morgan fingerprint density at radius 2 is 0.810 bits per heavy atom. The number of thioether (sulfide) groups is 1. The van der Waals surface area contributed by atoms with Crippen LogP contribution in [0.4, 0.5) is 0 Å². The summed E-state index contributed by atoms with van der Waals surface area (Å²) in [5, 5.41) is 0. The zero-order chi connectivity index (χ0) is 14.7. The highest BCUT2D eigenvalue weighted by Gasteiger charge is 1.94. The second kappa shape index (κ2) is 22.6. The van der Waals surface area contributed by atoms with E-state index in [0.717, 1.165) is 0 Å². The topological polar surface area (TPSA) is 35.0 Å². The van der Waals surface area contributed by atoms with Gasteiger partial charge in [-0.3, -0.25) is 0 Å². The van der Waals surface area contributed by atoms with Crippen molar-refractivity contribution in [3.63, 3.8) is 0 Å². The fraction of sp³-hybridized carbons (Fsp3) is 1.00. The predicted molar refractivity (Wildman–Crippen MR) is 103 cm³/mol. The molecule has 0 rings (SSSR count). The van der Waals surface area contributed by atoms with Gasteiger partial charge in [0.1, 0.15) is 0 Å². The summed E-state index contributed by atoms with van der Waals surface area (Å²) in [4.78, 5) is 0. The average Bonchev–Trinajstić information content (AvgIpc) is 2.47. The average molecular weight is 318 g/mol. The lowest BCUT2D eigenvalue weighted by atomic mass is 10.0. The van der Waals surface area contributed by atoms with E-state index in [4.69, 9.17) is 0 Å². The molecule has 0 bridgehead atoms. The summed E-state index contributed by atoms with van der Waals surface area (Å²) < 4.78 is 0. The predicted octanol–water partition coefficient (Wildman–Crippen LogP) is 7.77. The van der Waals surface area contributed by atoms with Crippen molar-refractivity contribution in [2.24, 2.45) is 0 Å². The minimum absolute atomic E-state index is 0. The van der Waals surface area contributed by atoms with Crippen LogP contribution < -0.4 is 6.15 Å². The van der Waals surface area contributed by atoms with Gasteiger partial charge in [-0.1, -0.05) is 104 Å². The van der Waals surface area contributed by atoms with Crippen molar-refractivity contribution in [3.8, 4) is 0 Å². The van der Waals surface area contributed by atoms with E-state index in [1.807, 2.05) is 0 Å². The lowest BCUT2D eigenvalue weighted by Gasteiger charge is -2.03. The number of hydrogen-bond acceptors (Lipinski definition) is 2. The number of hydrogen-bond donors (Lipinski definition) is 1. The van der Waals surface area contributed by atoms with Gasteiger partial charge >= 0.3 is 0 Å². The fourth-order valence-electron chi connectivity index (χ4n) is 2.72. The maximum absolute atomic E-state index is 2.30. The molecule has 130 valence electrons. The maximum atomic E-state index is 2.30. The lowest BCUT2D eigenvalue weighted by molar-refractivity contribution is 0.535. The first-order chi connectivity index (χ1) is 9.91. The molecule has 0 aliphatic carbocycles. The maximum Gasteiger partial charge on any atom is -0.00676 e. The molecule has 3 N–H and O–H groups in total. The van der Waals surface area contributed by atoms with Crippen molar-refractivity contribution < 1.29 is 0 Å². The second-order valence-corrected chi connectivity index (χ2v) is 7.54. The van der Waals surface area contributed by atoms with Crippen molar-refractivity contribution >= 4 is 11.8 Å². The van der Waals surface area contributed by atoms with Crippen LogP contribution in [-0.4, -0.2) is 11.5 Å². The summed E-state index contributed by atoms with van der Waals surface area (Å²) >= 11 is 2.09. The van der Waals surface area contributed by atoms with E-state index in [1.54, 1.807) is 0 Å². The summed E-state index contributed by atoms with van der Waals surface area (Å²) in [5.41, 5.74) is 0. The van der Waals surface area contributed by atoms with Crippen LogP contribution >= 0.6 is 11.8 Å². The van der Waals surface area contributed by atoms with Crippen molar-refractivity contribution in [2.45, 2.75) is 110 Å². The molecule has 0 amide bonds. The Bertz CT molecular complexity index is 144. The zero-order valence-corrected chi connectivity index (χ0v) is 16.0. The molecule has 0 saturated carbocycles. The van der Waals surface area contributed by atoms with Gasteiger partial charge in [-0.25, -0.2) is 0 Å². The van der Waals surface area contributed by atoms with E-state index >= 15 is 0 Å². The minimum atomic E-state index is 0. The van der Waals surface area contributed by atoms with Gasteiger partial charge in [-0.05, 0) is 17.9 Å². The van der Waals surface area contributed by atoms with Crippen LogP contribution in [0.1, 0.15) is 110 Å². The third-order valence-electron chi connectivity index (χ3n) is 4.10. The van der Waals surface area contributed by atoms with E-state index < -0.39 is 0 Å². The zero-order valence-electron chi connectivity index (χ0n) is 15.1. The van der Waals surface area contributed by atoms with Gasteiger partial charge in [0.05, 0.1) is 0 Å². The fourth-order valence-corrected chi connectivity index (χ4v) is 3.42. The van der Waals surface area contributed by atoms with Crippen molar-refractivity contribution in [3.05, 3.63) is 0 Å². The van der Waals surface area contributed by atoms with Crippen LogP contribution in [-0.2, 0) is 0 Å². The second-order valence-electron chi connectivity index (χ2n) is 6.15. The smallest absolute Gasteiger partial charge is 0.00676 e. The Balaban J connectivity index is 0. The van der Waals surface area contributed by atoms with Gasteiger partial charge in [0.15, 0.2) is 0 Å². The molecule has 0 aliphatic rings. The third kappa shape index (κ3) is 22.7. The van der Waals surface area contributed by atoms with E-state index in [9.17, 15) is 0 Å². The molecule has 0 aliphatic heterocycles. The van der Waals surface area contributed by atoms with Crippen LogP contribution in [0, 0.1) is 0 Å². The monoisotopic (exact) mass is 317 g/mol. The molecule has 0 heterocycles. The molecule has 0 spiro atoms. The van der Waals surface area contributed by atoms with Crippen molar-refractivity contribution in [1.29, 1.82) is 0 Å². The first kappa shape index (κ1) is 23.6. The van der Waals surface area contributed by atoms with E-state index in [1.165, 1.54) is 108 Å². The molecule has 0 saturated heterocycles. The van der Waals surface area contributed by atoms with Gasteiger partial charge in [0, 0.05) is 0 Å². The Morgan fingerprint density at radius 3 is 1.14 bits per heavy atom. The number of unbranched alkanes of at least 4 members (excludes halogenated alkanes) is 14. The molecule has 0 aromatic rings. The first-order valence-electron chi connectivity index (χ1n) is 9.49. The summed E-state index contributed by atoms with van der Waals surface area (Å²) in [7, 11) is 0. The molecule has 0 aromatic carbocycles. The highest BCUT2D eigenvalue weighted by molar-refractivity contribution is 7.99. The quantitative estimate of drug-likeness (QED) is 0.278. The lowest BCUT2D eigenvalue weighted by Crippen LogP contribution is -1.84. The van der Waals surface area contributed by atoms with Gasteiger partial charge in [-0.2, -0.15) is 11.8 Å². The highest BCUT2D eigenvalue weighted by Crippen LogP contribution is 2.14. The molecule has 2 heteroatoms. The van der Waals surface area contributed by atoms with Gasteiger partial charge in [-0.15, -0.1) is 0 Å². The third-order valence-corrected chi connectivity index (χ3v) is 5.08. The molecule has 1 nitrogen and oxygen atoms in total. The van der Waals surface area contributed by atoms with Crippen LogP contribution in [0.2, 0.25) is 0 Å². The Kier molecular flexibility index (Phi) is 25.4. The number of rotatable bonds is 17. The molecule has 21 heavy (non-hydrogen) atoms. The highest BCUT2D eigenvalue weighted by atomic mass is 32.2. The van der Waals surface area contributed by atoms with Crippen LogP contribution in [0.25, 0.3) is 0 Å². The minimum Gasteiger partial charge on any atom is -0.344 e. The van der Waals surface area contributed by atoms with Crippen molar-refractivity contribution in [1.82, 2.24) is 6.15 Å². The normalized spacial score (nSPS) is 10.6. The van der Waals surface area contributed by atoms with Crippen LogP contribution in [0.15, 0.2) is 0 Å². The summed E-state index contributed by atoms with van der Waals surface area (Å²) in [5.74, 6) is 2.67. The Morgan fingerprint density at radius 1 is 0.476 bits per heavy atom. The molecular weight excluding hydrogens is 274 g/mol. The SMILES string of the molecule is CCCCCCCCCCCCCCCCCSCC.N. The standard InChI is InChI=1S/C19H40S.H3N/c1-3-5-6-7-8-9-10-11-12-13-14-15-16-17-18-19-20-4-2;/h3-19H2,1-2H3;1H3. The Labute approximate surface area is 140 Å². The van der Waals surface area contributed by atoms with Crippen LogP contribution in [0.3, 0.4) is 0 Å². The van der Waals surface area contributed by atoms with E-state index in [2.05, 4.69) is 25.6 Å². The van der Waals surface area contributed by atoms with E-state index in [0.29, 0.717) is 0 Å². The summed E-state index contributed by atoms with van der Waals surface area (Å²) in [6.45, 7) is 4.56. The largest absolute Gasteiger partial charge is 0.344 e. The summed E-state index contributed by atoms with van der Waals surface area (Å²) in [6.07, 6.45) is 22.0. The molecule has 0 unspecified atom stereocenters. The molecule has 0 fully saturated rings. The van der Waals surface area contributed by atoms with Gasteiger partial charge in [0.25, 0.3) is 0 Å². The molecule has 0 atom stereocenters. The van der Waals surface area contributed by atoms with Crippen LogP contribution in [0.5, 0.6) is 0 Å². The van der Waals surface area contributed by atoms with Gasteiger partial charge < -0.3 is 6.15 Å². The summed E-state index contributed by atoms with van der Waals surface area (Å²) in [6, 6.07) is 0. The van der Waals surface area contributed by atoms with E-state index in [-0.39, 0.29) is 6.15 Å². The van der Waals surface area contributed by atoms with Crippen molar-refractivity contribution in [2.75, 3.05) is 11.5 Å². The first-order valence-corrected chi connectivity index (χ1v) is 10.6. The molecule has 0 aromatic heterocycles. The Hall–Kier alpha value is 0.310.